The largest absolute Gasteiger partial charge is 0.462 e. The van der Waals surface area contributed by atoms with Crippen molar-refractivity contribution in [3.8, 4) is 0 Å². The predicted octanol–water partition coefficient (Wildman–Crippen LogP) is 5.37. The van der Waals surface area contributed by atoms with Crippen LogP contribution in [0, 0.1) is 40.4 Å². The summed E-state index contributed by atoms with van der Waals surface area (Å²) < 4.78 is 5.77. The molecule has 4 rings (SSSR count). The normalized spacial score (nSPS) is 53.0. The first-order chi connectivity index (χ1) is 11.4. The first-order valence-corrected chi connectivity index (χ1v) is 10.2. The molecule has 8 atom stereocenters. The summed E-state index contributed by atoms with van der Waals surface area (Å²) in [6, 6.07) is 0. The molecule has 4 aliphatic rings. The van der Waals surface area contributed by atoms with E-state index < -0.39 is 0 Å². The number of allylic oxidation sites excluding steroid dienone is 2. The van der Waals surface area contributed by atoms with E-state index in [0.717, 1.165) is 30.1 Å². The molecule has 24 heavy (non-hydrogen) atoms. The van der Waals surface area contributed by atoms with Crippen LogP contribution in [0.25, 0.3) is 0 Å². The van der Waals surface area contributed by atoms with Gasteiger partial charge in [0.25, 0.3) is 0 Å². The lowest BCUT2D eigenvalue weighted by atomic mass is 9.44. The van der Waals surface area contributed by atoms with Crippen LogP contribution in [0.5, 0.6) is 0 Å². The Hall–Kier alpha value is -0.790. The number of esters is 1. The quantitative estimate of drug-likeness (QED) is 0.477. The minimum absolute atomic E-state index is 0.0919. The molecule has 0 radical (unpaired) electrons. The maximum Gasteiger partial charge on any atom is 0.302 e. The summed E-state index contributed by atoms with van der Waals surface area (Å²) in [5.74, 6) is 3.97. The van der Waals surface area contributed by atoms with Crippen molar-refractivity contribution in [2.24, 2.45) is 40.4 Å². The van der Waals surface area contributed by atoms with E-state index in [4.69, 9.17) is 4.74 Å². The summed E-state index contributed by atoms with van der Waals surface area (Å²) in [6.07, 6.45) is 14.1. The Labute approximate surface area is 147 Å². The van der Waals surface area contributed by atoms with Gasteiger partial charge in [-0.25, -0.2) is 0 Å². The van der Waals surface area contributed by atoms with Crippen molar-refractivity contribution in [3.05, 3.63) is 12.2 Å². The lowest BCUT2D eigenvalue weighted by molar-refractivity contribution is -0.161. The van der Waals surface area contributed by atoms with Crippen molar-refractivity contribution in [1.82, 2.24) is 0 Å². The molecular formula is C22H34O2. The molecule has 2 heteroatoms. The van der Waals surface area contributed by atoms with Gasteiger partial charge in [-0.1, -0.05) is 32.9 Å². The summed E-state index contributed by atoms with van der Waals surface area (Å²) in [7, 11) is 0. The molecule has 0 saturated heterocycles. The Morgan fingerprint density at radius 3 is 2.62 bits per heavy atom. The summed E-state index contributed by atoms with van der Waals surface area (Å²) in [5, 5.41) is 0. The molecule has 0 bridgehead atoms. The van der Waals surface area contributed by atoms with E-state index in [1.54, 1.807) is 6.92 Å². The topological polar surface area (TPSA) is 26.3 Å². The lowest BCUT2D eigenvalue weighted by Crippen LogP contribution is -2.55. The highest BCUT2D eigenvalue weighted by atomic mass is 16.5. The third-order valence-electron chi connectivity index (χ3n) is 9.01. The van der Waals surface area contributed by atoms with Crippen molar-refractivity contribution in [2.45, 2.75) is 78.7 Å². The number of hydrogen-bond acceptors (Lipinski definition) is 2. The molecule has 3 saturated carbocycles. The molecule has 0 heterocycles. The fourth-order valence-electron chi connectivity index (χ4n) is 7.55. The standard InChI is InChI=1S/C22H34O2/c1-14-6-5-7-16-8-9-17-18-10-11-20(24-15(2)23)21(18,3)13-12-19(17)22(14,16)4/h5-6,14,16-20H,7-13H2,1-4H3/t14-,16+,17-,18-,19-,20-,21-,22-/m0/s1. The highest BCUT2D eigenvalue weighted by Gasteiger charge is 2.61. The molecule has 0 aliphatic heterocycles. The van der Waals surface area contributed by atoms with Crippen molar-refractivity contribution >= 4 is 5.97 Å². The van der Waals surface area contributed by atoms with E-state index in [2.05, 4.69) is 32.9 Å². The lowest BCUT2D eigenvalue weighted by Gasteiger charge is -2.61. The van der Waals surface area contributed by atoms with Gasteiger partial charge in [0.2, 0.25) is 0 Å². The zero-order chi connectivity index (χ0) is 17.1. The van der Waals surface area contributed by atoms with Crippen LogP contribution >= 0.6 is 0 Å². The predicted molar refractivity (Wildman–Crippen MR) is 96.4 cm³/mol. The van der Waals surface area contributed by atoms with Gasteiger partial charge >= 0.3 is 5.97 Å². The third-order valence-corrected chi connectivity index (χ3v) is 9.01. The van der Waals surface area contributed by atoms with Crippen LogP contribution in [0.2, 0.25) is 0 Å². The molecule has 0 unspecified atom stereocenters. The zero-order valence-electron chi connectivity index (χ0n) is 15.9. The molecular weight excluding hydrogens is 296 g/mol. The van der Waals surface area contributed by atoms with E-state index >= 15 is 0 Å². The maximum atomic E-state index is 11.6. The second-order valence-corrected chi connectivity index (χ2v) is 9.69. The number of carbonyl (C=O) groups is 1. The Kier molecular flexibility index (Phi) is 3.89. The average Bonchev–Trinajstić information content (AvgIpc) is 2.85. The number of fused-ring (bicyclic) bond motifs is 5. The fraction of sp³-hybridized carbons (Fsp3) is 0.864. The van der Waals surface area contributed by atoms with Crippen molar-refractivity contribution < 1.29 is 9.53 Å². The van der Waals surface area contributed by atoms with E-state index in [0.29, 0.717) is 11.3 Å². The third kappa shape index (κ3) is 2.17. The number of ether oxygens (including phenoxy) is 1. The van der Waals surface area contributed by atoms with Gasteiger partial charge in [0, 0.05) is 12.3 Å². The van der Waals surface area contributed by atoms with E-state index in [-0.39, 0.29) is 17.5 Å². The van der Waals surface area contributed by atoms with Crippen LogP contribution in [0.4, 0.5) is 0 Å². The molecule has 0 spiro atoms. The van der Waals surface area contributed by atoms with Gasteiger partial charge in [-0.3, -0.25) is 4.79 Å². The zero-order valence-corrected chi connectivity index (χ0v) is 15.9. The Morgan fingerprint density at radius 1 is 1.08 bits per heavy atom. The number of hydrogen-bond donors (Lipinski definition) is 0. The van der Waals surface area contributed by atoms with Gasteiger partial charge in [-0.2, -0.15) is 0 Å². The van der Waals surface area contributed by atoms with E-state index in [1.165, 1.54) is 38.5 Å². The molecule has 0 N–H and O–H groups in total. The van der Waals surface area contributed by atoms with Crippen LogP contribution in [0.3, 0.4) is 0 Å². The van der Waals surface area contributed by atoms with Gasteiger partial charge < -0.3 is 4.74 Å². The smallest absolute Gasteiger partial charge is 0.302 e. The number of carbonyl (C=O) groups excluding carboxylic acids is 1. The monoisotopic (exact) mass is 330 g/mol. The van der Waals surface area contributed by atoms with Gasteiger partial charge in [0.15, 0.2) is 0 Å². The van der Waals surface area contributed by atoms with Crippen molar-refractivity contribution in [1.29, 1.82) is 0 Å². The highest BCUT2D eigenvalue weighted by molar-refractivity contribution is 5.66. The van der Waals surface area contributed by atoms with Crippen LogP contribution in [0.15, 0.2) is 12.2 Å². The van der Waals surface area contributed by atoms with Gasteiger partial charge in [-0.05, 0) is 80.0 Å². The van der Waals surface area contributed by atoms with Crippen LogP contribution in [-0.2, 0) is 9.53 Å². The second kappa shape index (κ2) is 5.61. The Balaban J connectivity index is 1.63. The molecule has 0 aromatic rings. The van der Waals surface area contributed by atoms with Crippen LogP contribution in [0.1, 0.15) is 72.6 Å². The number of rotatable bonds is 1. The van der Waals surface area contributed by atoms with Gasteiger partial charge in [0.05, 0.1) is 0 Å². The molecule has 4 aliphatic carbocycles. The summed E-state index contributed by atoms with van der Waals surface area (Å²) >= 11 is 0. The first kappa shape index (κ1) is 16.7. The van der Waals surface area contributed by atoms with Crippen LogP contribution < -0.4 is 0 Å². The Bertz CT molecular complexity index is 552. The summed E-state index contributed by atoms with van der Waals surface area (Å²) in [4.78, 5) is 11.6. The summed E-state index contributed by atoms with van der Waals surface area (Å²) in [6.45, 7) is 9.05. The van der Waals surface area contributed by atoms with Gasteiger partial charge in [0.1, 0.15) is 6.10 Å². The SMILES string of the molecule is CC(=O)O[C@H]1CC[C@H]2[C@@H]3CC[C@H]4CC=C[C@H](C)[C@]4(C)[C@H]3CC[C@]12C. The summed E-state index contributed by atoms with van der Waals surface area (Å²) in [5.41, 5.74) is 0.711. The van der Waals surface area contributed by atoms with Gasteiger partial charge in [-0.15, -0.1) is 0 Å². The Morgan fingerprint density at radius 2 is 1.88 bits per heavy atom. The van der Waals surface area contributed by atoms with Crippen LogP contribution in [-0.4, -0.2) is 12.1 Å². The molecule has 134 valence electrons. The minimum Gasteiger partial charge on any atom is -0.462 e. The minimum atomic E-state index is -0.0919. The second-order valence-electron chi connectivity index (χ2n) is 9.69. The molecule has 0 aromatic heterocycles. The maximum absolute atomic E-state index is 11.6. The molecule has 0 aromatic carbocycles. The molecule has 2 nitrogen and oxygen atoms in total. The highest BCUT2D eigenvalue weighted by Crippen LogP contribution is 2.66. The fourth-order valence-corrected chi connectivity index (χ4v) is 7.55. The van der Waals surface area contributed by atoms with Crippen molar-refractivity contribution in [2.75, 3.05) is 0 Å². The first-order valence-electron chi connectivity index (χ1n) is 10.2. The molecule has 0 amide bonds. The van der Waals surface area contributed by atoms with Crippen molar-refractivity contribution in [3.63, 3.8) is 0 Å². The average molecular weight is 331 g/mol. The van der Waals surface area contributed by atoms with E-state index in [9.17, 15) is 4.79 Å². The molecule has 3 fully saturated rings. The van der Waals surface area contributed by atoms with E-state index in [1.807, 2.05) is 0 Å².